The van der Waals surface area contributed by atoms with Gasteiger partial charge < -0.3 is 9.63 Å². The molecule has 0 amide bonds. The first-order valence-corrected chi connectivity index (χ1v) is 6.54. The minimum absolute atomic E-state index is 0.0632. The molecule has 0 unspecified atom stereocenters. The number of nitrogens with zero attached hydrogens (tertiary/aromatic N) is 4. The molecule has 20 heavy (non-hydrogen) atoms. The Bertz CT molecular complexity index is 755. The van der Waals surface area contributed by atoms with Gasteiger partial charge in [-0.2, -0.15) is 4.98 Å². The van der Waals surface area contributed by atoms with Crippen LogP contribution < -0.4 is 0 Å². The summed E-state index contributed by atoms with van der Waals surface area (Å²) in [4.78, 5) is 12.5. The van der Waals surface area contributed by atoms with Gasteiger partial charge in [0.25, 0.3) is 5.89 Å². The van der Waals surface area contributed by atoms with Crippen molar-refractivity contribution in [3.63, 3.8) is 0 Å². The lowest BCUT2D eigenvalue weighted by Gasteiger charge is -1.99. The Morgan fingerprint density at radius 3 is 2.65 bits per heavy atom. The summed E-state index contributed by atoms with van der Waals surface area (Å²) in [6.07, 6.45) is 3.35. The molecule has 100 valence electrons. The van der Waals surface area contributed by atoms with E-state index < -0.39 is 0 Å². The number of hydrogen-bond acceptors (Lipinski definition) is 6. The number of phenolic OH excluding ortho intramolecular Hbond substituents is 1. The third kappa shape index (κ3) is 2.39. The summed E-state index contributed by atoms with van der Waals surface area (Å²) >= 11 is 3.33. The van der Waals surface area contributed by atoms with Gasteiger partial charge in [0.15, 0.2) is 0 Å². The highest BCUT2D eigenvalue weighted by Crippen LogP contribution is 2.31. The molecule has 0 atom stereocenters. The molecule has 3 aromatic rings. The van der Waals surface area contributed by atoms with E-state index in [0.717, 1.165) is 10.0 Å². The van der Waals surface area contributed by atoms with Gasteiger partial charge in [-0.05, 0) is 30.7 Å². The molecule has 0 radical (unpaired) electrons. The number of aromatic hydroxyl groups is 1. The second-order valence-electron chi connectivity index (χ2n) is 4.17. The molecule has 0 saturated carbocycles. The normalized spacial score (nSPS) is 10.7. The van der Waals surface area contributed by atoms with Gasteiger partial charge in [-0.3, -0.25) is 0 Å². The van der Waals surface area contributed by atoms with Gasteiger partial charge in [-0.1, -0.05) is 21.1 Å². The zero-order chi connectivity index (χ0) is 14.1. The van der Waals surface area contributed by atoms with E-state index in [2.05, 4.69) is 36.0 Å². The summed E-state index contributed by atoms with van der Waals surface area (Å²) < 4.78 is 5.95. The summed E-state index contributed by atoms with van der Waals surface area (Å²) in [5.74, 6) is 0.927. The largest absolute Gasteiger partial charge is 0.507 e. The number of rotatable bonds is 2. The minimum atomic E-state index is 0.0632. The Labute approximate surface area is 122 Å². The Balaban J connectivity index is 2.01. The fraction of sp³-hybridized carbons (Fsp3) is 0.0769. The zero-order valence-corrected chi connectivity index (χ0v) is 12.0. The van der Waals surface area contributed by atoms with E-state index in [1.165, 1.54) is 0 Å². The van der Waals surface area contributed by atoms with Crippen molar-refractivity contribution in [2.45, 2.75) is 6.92 Å². The Kier molecular flexibility index (Phi) is 3.19. The molecule has 3 rings (SSSR count). The van der Waals surface area contributed by atoms with Crippen LogP contribution in [0.4, 0.5) is 0 Å². The smallest absolute Gasteiger partial charge is 0.262 e. The number of aryl methyl sites for hydroxylation is 1. The number of benzene rings is 1. The molecule has 0 aliphatic carbocycles. The lowest BCUT2D eigenvalue weighted by molar-refractivity contribution is 0.425. The molecule has 0 fully saturated rings. The van der Waals surface area contributed by atoms with Crippen LogP contribution in [0.15, 0.2) is 39.6 Å². The molecule has 0 aliphatic rings. The monoisotopic (exact) mass is 332 g/mol. The molecule has 2 aromatic heterocycles. The molecular weight excluding hydrogens is 324 g/mol. The second kappa shape index (κ2) is 5.01. The average molecular weight is 333 g/mol. The van der Waals surface area contributed by atoms with Gasteiger partial charge in [0.1, 0.15) is 5.75 Å². The van der Waals surface area contributed by atoms with Crippen molar-refractivity contribution >= 4 is 15.9 Å². The van der Waals surface area contributed by atoms with E-state index >= 15 is 0 Å². The van der Waals surface area contributed by atoms with E-state index in [4.69, 9.17) is 4.52 Å². The van der Waals surface area contributed by atoms with E-state index in [0.29, 0.717) is 11.4 Å². The first-order valence-electron chi connectivity index (χ1n) is 5.75. The highest BCUT2D eigenvalue weighted by Gasteiger charge is 2.15. The van der Waals surface area contributed by atoms with Crippen molar-refractivity contribution in [2.24, 2.45) is 0 Å². The van der Waals surface area contributed by atoms with Gasteiger partial charge >= 0.3 is 0 Å². The van der Waals surface area contributed by atoms with Crippen LogP contribution in [0.2, 0.25) is 0 Å². The third-order valence-corrected chi connectivity index (χ3v) is 3.09. The molecule has 0 aliphatic heterocycles. The van der Waals surface area contributed by atoms with Crippen LogP contribution >= 0.6 is 15.9 Å². The lowest BCUT2D eigenvalue weighted by atomic mass is 10.2. The van der Waals surface area contributed by atoms with Gasteiger partial charge in [-0.15, -0.1) is 0 Å². The maximum atomic E-state index is 9.82. The number of aromatic nitrogens is 4. The van der Waals surface area contributed by atoms with Crippen molar-refractivity contribution in [1.82, 2.24) is 20.1 Å². The van der Waals surface area contributed by atoms with Crippen molar-refractivity contribution in [2.75, 3.05) is 0 Å². The molecule has 1 N–H and O–H groups in total. The summed E-state index contributed by atoms with van der Waals surface area (Å²) in [7, 11) is 0. The Morgan fingerprint density at radius 1 is 1.15 bits per heavy atom. The van der Waals surface area contributed by atoms with Crippen molar-refractivity contribution in [3.05, 3.63) is 40.6 Å². The minimum Gasteiger partial charge on any atom is -0.507 e. The topological polar surface area (TPSA) is 84.9 Å². The first-order chi connectivity index (χ1) is 9.63. The van der Waals surface area contributed by atoms with E-state index in [9.17, 15) is 5.11 Å². The molecule has 1 aromatic carbocycles. The Hall–Kier alpha value is -2.28. The lowest BCUT2D eigenvalue weighted by Crippen LogP contribution is -1.90. The molecule has 0 bridgehead atoms. The molecule has 2 heterocycles. The fourth-order valence-corrected chi connectivity index (χ4v) is 1.97. The number of phenols is 1. The molecule has 7 heteroatoms. The van der Waals surface area contributed by atoms with Crippen LogP contribution in [-0.4, -0.2) is 25.2 Å². The first kappa shape index (κ1) is 12.7. The summed E-state index contributed by atoms with van der Waals surface area (Å²) in [6, 6.07) is 4.97. The van der Waals surface area contributed by atoms with Crippen LogP contribution in [0.3, 0.4) is 0 Å². The van der Waals surface area contributed by atoms with Crippen LogP contribution in [-0.2, 0) is 0 Å². The number of halogens is 1. The zero-order valence-electron chi connectivity index (χ0n) is 10.4. The summed E-state index contributed by atoms with van der Waals surface area (Å²) in [5, 5.41) is 13.7. The highest BCUT2D eigenvalue weighted by atomic mass is 79.9. The molecular formula is C13H9BrN4O2. The van der Waals surface area contributed by atoms with E-state index in [-0.39, 0.29) is 17.5 Å². The van der Waals surface area contributed by atoms with Crippen molar-refractivity contribution in [1.29, 1.82) is 0 Å². The van der Waals surface area contributed by atoms with Crippen LogP contribution in [0.25, 0.3) is 23.1 Å². The maximum absolute atomic E-state index is 9.82. The average Bonchev–Trinajstić information content (AvgIpc) is 2.92. The highest BCUT2D eigenvalue weighted by molar-refractivity contribution is 9.10. The summed E-state index contributed by atoms with van der Waals surface area (Å²) in [6.45, 7) is 1.89. The molecule has 0 saturated heterocycles. The predicted molar refractivity (Wildman–Crippen MR) is 74.9 cm³/mol. The van der Waals surface area contributed by atoms with Gasteiger partial charge in [-0.25, -0.2) is 9.97 Å². The third-order valence-electron chi connectivity index (χ3n) is 2.60. The van der Waals surface area contributed by atoms with Gasteiger partial charge in [0, 0.05) is 16.9 Å². The summed E-state index contributed by atoms with van der Waals surface area (Å²) in [5.41, 5.74) is 1.40. The second-order valence-corrected chi connectivity index (χ2v) is 5.08. The quantitative estimate of drug-likeness (QED) is 0.776. The maximum Gasteiger partial charge on any atom is 0.262 e. The SMILES string of the molecule is Cc1cnc(-c2noc(-c3cc(Br)ccc3O)n2)nc1. The van der Waals surface area contributed by atoms with Crippen molar-refractivity contribution < 1.29 is 9.63 Å². The standard InChI is InChI=1S/C13H9BrN4O2/c1-7-5-15-11(16-6-7)12-17-13(20-18-12)9-4-8(14)2-3-10(9)19/h2-6,19H,1H3. The predicted octanol–water partition coefficient (Wildman–Crippen LogP) is 2.97. The number of hydrogen-bond donors (Lipinski definition) is 1. The van der Waals surface area contributed by atoms with Crippen molar-refractivity contribution in [3.8, 4) is 28.9 Å². The van der Waals surface area contributed by atoms with Gasteiger partial charge in [0.05, 0.1) is 5.56 Å². The van der Waals surface area contributed by atoms with Gasteiger partial charge in [0.2, 0.25) is 11.6 Å². The van der Waals surface area contributed by atoms with E-state index in [1.54, 1.807) is 30.6 Å². The van der Waals surface area contributed by atoms with E-state index in [1.807, 2.05) is 6.92 Å². The van der Waals surface area contributed by atoms with Crippen LogP contribution in [0.1, 0.15) is 5.56 Å². The molecule has 6 nitrogen and oxygen atoms in total. The fourth-order valence-electron chi connectivity index (χ4n) is 1.61. The van der Waals surface area contributed by atoms with Crippen LogP contribution in [0.5, 0.6) is 5.75 Å². The Morgan fingerprint density at radius 2 is 1.90 bits per heavy atom. The van der Waals surface area contributed by atoms with Crippen LogP contribution in [0, 0.1) is 6.92 Å². The molecule has 0 spiro atoms.